The van der Waals surface area contributed by atoms with E-state index in [1.165, 1.54) is 22.8 Å². The third kappa shape index (κ3) is 5.42. The summed E-state index contributed by atoms with van der Waals surface area (Å²) in [7, 11) is 0. The molecule has 0 radical (unpaired) electrons. The van der Waals surface area contributed by atoms with Crippen molar-refractivity contribution >= 4 is 72.5 Å². The van der Waals surface area contributed by atoms with Gasteiger partial charge in [-0.3, -0.25) is 19.5 Å². The Labute approximate surface area is 257 Å². The first-order valence-corrected chi connectivity index (χ1v) is 14.7. The van der Waals surface area contributed by atoms with Crippen LogP contribution in [0, 0.1) is 10.1 Å². The average molecular weight is 724 g/mol. The van der Waals surface area contributed by atoms with Crippen molar-refractivity contribution in [2.75, 3.05) is 6.61 Å². The number of fused-ring (bicyclic) bond motifs is 1. The van der Waals surface area contributed by atoms with Crippen molar-refractivity contribution in [3.63, 3.8) is 0 Å². The van der Waals surface area contributed by atoms with E-state index < -0.39 is 22.5 Å². The van der Waals surface area contributed by atoms with Gasteiger partial charge in [-0.15, -0.1) is 0 Å². The van der Waals surface area contributed by atoms with Crippen LogP contribution in [-0.4, -0.2) is 27.2 Å². The molecular formula is C27H18Br2ClN3O7S. The number of phenolic OH excluding ortho intramolecular Hbond substituents is 1. The molecule has 3 heterocycles. The van der Waals surface area contributed by atoms with E-state index in [1.807, 2.05) is 0 Å². The van der Waals surface area contributed by atoms with Crippen molar-refractivity contribution < 1.29 is 24.0 Å². The van der Waals surface area contributed by atoms with Crippen LogP contribution < -0.4 is 14.9 Å². The number of nitrogens with zero attached hydrogens (tertiary/aromatic N) is 3. The van der Waals surface area contributed by atoms with Crippen LogP contribution in [0.15, 0.2) is 76.9 Å². The minimum Gasteiger partial charge on any atom is -0.506 e. The summed E-state index contributed by atoms with van der Waals surface area (Å²) in [4.78, 5) is 42.6. The lowest BCUT2D eigenvalue weighted by molar-refractivity contribution is -0.384. The number of hydrogen-bond acceptors (Lipinski definition) is 9. The minimum atomic E-state index is -1.03. The molecule has 0 aliphatic carbocycles. The van der Waals surface area contributed by atoms with Crippen LogP contribution in [0.1, 0.15) is 31.2 Å². The highest BCUT2D eigenvalue weighted by molar-refractivity contribution is 9.11. The predicted molar refractivity (Wildman–Crippen MR) is 160 cm³/mol. The molecule has 1 N–H and O–H groups in total. The van der Waals surface area contributed by atoms with Crippen LogP contribution in [0.3, 0.4) is 0 Å². The number of allylic oxidation sites excluding steroid dienone is 1. The molecule has 4 aromatic rings. The molecule has 0 saturated heterocycles. The Morgan fingerprint density at radius 3 is 2.63 bits per heavy atom. The number of benzene rings is 2. The van der Waals surface area contributed by atoms with E-state index in [2.05, 4.69) is 36.9 Å². The zero-order valence-electron chi connectivity index (χ0n) is 21.2. The molecule has 5 rings (SSSR count). The number of aromatic nitrogens is 1. The number of non-ortho nitro benzene ring substituents is 1. The Balaban J connectivity index is 1.70. The molecule has 0 bridgehead atoms. The first-order valence-electron chi connectivity index (χ1n) is 11.9. The van der Waals surface area contributed by atoms with Crippen LogP contribution in [0.2, 0.25) is 5.02 Å². The van der Waals surface area contributed by atoms with Gasteiger partial charge in [0, 0.05) is 17.7 Å². The van der Waals surface area contributed by atoms with Gasteiger partial charge in [-0.25, -0.2) is 9.79 Å². The quantitative estimate of drug-likeness (QED) is 0.150. The number of halogens is 3. The monoisotopic (exact) mass is 721 g/mol. The Morgan fingerprint density at radius 2 is 1.98 bits per heavy atom. The highest BCUT2D eigenvalue weighted by Crippen LogP contribution is 2.37. The Morgan fingerprint density at radius 1 is 1.27 bits per heavy atom. The number of thiazole rings is 1. The molecule has 41 heavy (non-hydrogen) atoms. The van der Waals surface area contributed by atoms with Gasteiger partial charge in [0.05, 0.1) is 41.3 Å². The maximum absolute atomic E-state index is 13.8. The molecule has 14 heteroatoms. The minimum absolute atomic E-state index is 0.0239. The summed E-state index contributed by atoms with van der Waals surface area (Å²) < 4.78 is 14.0. The molecule has 0 fully saturated rings. The lowest BCUT2D eigenvalue weighted by Gasteiger charge is -2.22. The molecule has 0 spiro atoms. The molecule has 1 aliphatic rings. The van der Waals surface area contributed by atoms with E-state index in [0.29, 0.717) is 29.5 Å². The fourth-order valence-corrected chi connectivity index (χ4v) is 6.82. The number of esters is 1. The van der Waals surface area contributed by atoms with Gasteiger partial charge in [-0.1, -0.05) is 22.9 Å². The molecule has 1 atom stereocenters. The fraction of sp³-hybridized carbons (Fsp3) is 0.148. The van der Waals surface area contributed by atoms with Crippen molar-refractivity contribution in [3.8, 4) is 17.1 Å². The lowest BCUT2D eigenvalue weighted by atomic mass is 10.0. The van der Waals surface area contributed by atoms with Crippen molar-refractivity contribution in [1.82, 2.24) is 4.57 Å². The van der Waals surface area contributed by atoms with E-state index in [4.69, 9.17) is 20.8 Å². The van der Waals surface area contributed by atoms with Crippen molar-refractivity contribution in [3.05, 3.63) is 109 Å². The molecule has 210 valence electrons. The van der Waals surface area contributed by atoms with Crippen LogP contribution in [0.4, 0.5) is 5.69 Å². The van der Waals surface area contributed by atoms with Crippen LogP contribution >= 0.6 is 54.8 Å². The number of phenols is 1. The number of carbonyl (C=O) groups is 1. The fourth-order valence-electron chi connectivity index (χ4n) is 4.34. The van der Waals surface area contributed by atoms with Gasteiger partial charge in [-0.05, 0) is 87.7 Å². The first kappa shape index (κ1) is 29.0. The molecule has 2 aromatic carbocycles. The zero-order chi connectivity index (χ0) is 29.6. The average Bonchev–Trinajstić information content (AvgIpc) is 3.51. The number of nitro groups is 1. The molecule has 2 aromatic heterocycles. The second-order valence-corrected chi connectivity index (χ2v) is 11.9. The van der Waals surface area contributed by atoms with E-state index >= 15 is 0 Å². The maximum atomic E-state index is 13.8. The number of rotatable bonds is 6. The van der Waals surface area contributed by atoms with Gasteiger partial charge in [-0.2, -0.15) is 0 Å². The summed E-state index contributed by atoms with van der Waals surface area (Å²) >= 11 is 14.0. The van der Waals surface area contributed by atoms with Gasteiger partial charge in [0.15, 0.2) is 4.80 Å². The third-order valence-corrected chi connectivity index (χ3v) is 8.70. The molecule has 0 amide bonds. The number of ether oxygens (including phenoxy) is 1. The van der Waals surface area contributed by atoms with Crippen molar-refractivity contribution in [1.29, 1.82) is 0 Å². The molecule has 10 nitrogen and oxygen atoms in total. The maximum Gasteiger partial charge on any atom is 0.338 e. The normalized spacial score (nSPS) is 15.0. The highest BCUT2D eigenvalue weighted by atomic mass is 79.9. The standard InChI is InChI=1S/C27H18Br2ClN3O7S/c1-3-39-26(36)22-12(2)31-27-32(25(35)21(41-27)10-13-8-16(28)24(34)17(29)9-13)23(22)20-7-6-19(40-20)15-11-14(33(37)38)4-5-18(15)30/h4-11,23,34H,3H2,1-2H3/b21-10-/t23-/m1/s1. The van der Waals surface area contributed by atoms with Crippen molar-refractivity contribution in [2.45, 2.75) is 19.9 Å². The van der Waals surface area contributed by atoms with E-state index in [9.17, 15) is 24.8 Å². The molecule has 0 unspecified atom stereocenters. The Bertz CT molecular complexity index is 1940. The summed E-state index contributed by atoms with van der Waals surface area (Å²) in [5, 5.41) is 21.6. The number of furan rings is 1. The number of carbonyl (C=O) groups excluding carboxylic acids is 1. The highest BCUT2D eigenvalue weighted by Gasteiger charge is 2.35. The summed E-state index contributed by atoms with van der Waals surface area (Å²) in [6.07, 6.45) is 1.65. The summed E-state index contributed by atoms with van der Waals surface area (Å²) in [6, 6.07) is 9.41. The van der Waals surface area contributed by atoms with E-state index in [-0.39, 0.29) is 45.7 Å². The smallest absolute Gasteiger partial charge is 0.338 e. The van der Waals surface area contributed by atoms with Gasteiger partial charge in [0.25, 0.3) is 11.2 Å². The van der Waals surface area contributed by atoms with Gasteiger partial charge in [0.1, 0.15) is 23.3 Å². The van der Waals surface area contributed by atoms with Crippen LogP contribution in [-0.2, 0) is 9.53 Å². The molecule has 1 aliphatic heterocycles. The second kappa shape index (κ2) is 11.4. The van der Waals surface area contributed by atoms with Crippen molar-refractivity contribution in [2.24, 2.45) is 4.99 Å². The zero-order valence-corrected chi connectivity index (χ0v) is 25.9. The molecular weight excluding hydrogens is 706 g/mol. The number of hydrogen-bond donors (Lipinski definition) is 1. The van der Waals surface area contributed by atoms with Gasteiger partial charge < -0.3 is 14.3 Å². The first-order chi connectivity index (χ1) is 19.5. The lowest BCUT2D eigenvalue weighted by Crippen LogP contribution is -2.39. The largest absolute Gasteiger partial charge is 0.506 e. The SMILES string of the molecule is CCOC(=O)C1=C(C)N=c2s/c(=C\c3cc(Br)c(O)c(Br)c3)c(=O)n2[C@@H]1c1ccc(-c2cc([N+](=O)[O-])ccc2Cl)o1. The van der Waals surface area contributed by atoms with Crippen LogP contribution in [0.5, 0.6) is 5.75 Å². The Kier molecular flexibility index (Phi) is 8.06. The number of nitro benzene ring substituents is 1. The van der Waals surface area contributed by atoms with E-state index in [0.717, 1.165) is 11.3 Å². The van der Waals surface area contributed by atoms with Gasteiger partial charge in [0.2, 0.25) is 0 Å². The van der Waals surface area contributed by atoms with Crippen LogP contribution in [0.25, 0.3) is 17.4 Å². The number of aromatic hydroxyl groups is 1. The topological polar surface area (TPSA) is 137 Å². The molecule has 0 saturated carbocycles. The summed E-state index contributed by atoms with van der Waals surface area (Å²) in [5.41, 5.74) is 0.770. The predicted octanol–water partition coefficient (Wildman–Crippen LogP) is 5.85. The second-order valence-electron chi connectivity index (χ2n) is 8.76. The summed E-state index contributed by atoms with van der Waals surface area (Å²) in [6.45, 7) is 3.41. The Hall–Kier alpha value is -3.52. The van der Waals surface area contributed by atoms with E-state index in [1.54, 1.807) is 44.2 Å². The van der Waals surface area contributed by atoms with Gasteiger partial charge >= 0.3 is 5.97 Å². The summed E-state index contributed by atoms with van der Waals surface area (Å²) in [5.74, 6) is -0.211. The third-order valence-electron chi connectivity index (χ3n) is 6.18.